The summed E-state index contributed by atoms with van der Waals surface area (Å²) in [5.41, 5.74) is 6.35. The summed E-state index contributed by atoms with van der Waals surface area (Å²) in [4.78, 5) is 21.0. The first kappa shape index (κ1) is 13.5. The standard InChI is InChI=1S/C18H14N4O/c23-17(21-22-12-20-15-8-1-2-9-16(15)22)11-14-6-3-5-13-7-4-10-19-18(13)14/h1-10,12H,11H2,(H,21,23). The molecule has 1 N–H and O–H groups in total. The SMILES string of the molecule is O=C(Cc1cccc2cccnc12)Nn1cnc2ccccc21. The van der Waals surface area contributed by atoms with E-state index in [0.29, 0.717) is 0 Å². The van der Waals surface area contributed by atoms with Crippen molar-refractivity contribution in [2.24, 2.45) is 0 Å². The second kappa shape index (κ2) is 5.53. The van der Waals surface area contributed by atoms with E-state index < -0.39 is 0 Å². The second-order valence-electron chi connectivity index (χ2n) is 5.31. The number of aromatic nitrogens is 3. The van der Waals surface area contributed by atoms with Gasteiger partial charge in [0.05, 0.1) is 23.0 Å². The van der Waals surface area contributed by atoms with Gasteiger partial charge in [-0.15, -0.1) is 0 Å². The van der Waals surface area contributed by atoms with Crippen LogP contribution in [-0.4, -0.2) is 20.6 Å². The van der Waals surface area contributed by atoms with Crippen LogP contribution in [0.4, 0.5) is 0 Å². The van der Waals surface area contributed by atoms with Gasteiger partial charge in [-0.3, -0.25) is 15.2 Å². The van der Waals surface area contributed by atoms with Crippen LogP contribution in [0.15, 0.2) is 67.1 Å². The van der Waals surface area contributed by atoms with E-state index in [0.717, 1.165) is 27.5 Å². The molecule has 4 rings (SSSR count). The normalized spacial score (nSPS) is 11.0. The highest BCUT2D eigenvalue weighted by atomic mass is 16.2. The second-order valence-corrected chi connectivity index (χ2v) is 5.31. The molecule has 0 fully saturated rings. The molecular formula is C18H14N4O. The van der Waals surface area contributed by atoms with Gasteiger partial charge in [0.25, 0.3) is 0 Å². The van der Waals surface area contributed by atoms with Crippen LogP contribution < -0.4 is 5.43 Å². The van der Waals surface area contributed by atoms with Crippen LogP contribution in [0.2, 0.25) is 0 Å². The van der Waals surface area contributed by atoms with Gasteiger partial charge in [-0.2, -0.15) is 0 Å². The maximum Gasteiger partial charge on any atom is 0.243 e. The molecule has 1 amide bonds. The fourth-order valence-electron chi connectivity index (χ4n) is 2.71. The van der Waals surface area contributed by atoms with Gasteiger partial charge in [0.1, 0.15) is 6.33 Å². The quantitative estimate of drug-likeness (QED) is 0.633. The Morgan fingerprint density at radius 2 is 1.87 bits per heavy atom. The van der Waals surface area contributed by atoms with Crippen LogP contribution in [-0.2, 0) is 11.2 Å². The van der Waals surface area contributed by atoms with Crippen molar-refractivity contribution < 1.29 is 4.79 Å². The Morgan fingerprint density at radius 1 is 1.00 bits per heavy atom. The fraction of sp³-hybridized carbons (Fsp3) is 0.0556. The number of hydrogen-bond acceptors (Lipinski definition) is 3. The van der Waals surface area contributed by atoms with Crippen molar-refractivity contribution in [3.8, 4) is 0 Å². The van der Waals surface area contributed by atoms with Gasteiger partial charge >= 0.3 is 0 Å². The number of benzene rings is 2. The van der Waals surface area contributed by atoms with Crippen molar-refractivity contribution in [1.29, 1.82) is 0 Å². The molecule has 5 heteroatoms. The lowest BCUT2D eigenvalue weighted by molar-refractivity contribution is -0.116. The Kier molecular flexibility index (Phi) is 3.24. The smallest absolute Gasteiger partial charge is 0.243 e. The van der Waals surface area contributed by atoms with Crippen LogP contribution >= 0.6 is 0 Å². The molecular weight excluding hydrogens is 288 g/mol. The van der Waals surface area contributed by atoms with Gasteiger partial charge in [-0.05, 0) is 23.8 Å². The van der Waals surface area contributed by atoms with Crippen molar-refractivity contribution in [3.05, 3.63) is 72.7 Å². The van der Waals surface area contributed by atoms with Gasteiger partial charge in [-0.1, -0.05) is 36.4 Å². The van der Waals surface area contributed by atoms with E-state index in [-0.39, 0.29) is 12.3 Å². The van der Waals surface area contributed by atoms with Crippen LogP contribution in [0.25, 0.3) is 21.9 Å². The van der Waals surface area contributed by atoms with E-state index in [2.05, 4.69) is 15.4 Å². The number of fused-ring (bicyclic) bond motifs is 2. The van der Waals surface area contributed by atoms with Crippen molar-refractivity contribution in [2.75, 3.05) is 5.43 Å². The Morgan fingerprint density at radius 3 is 2.83 bits per heavy atom. The minimum atomic E-state index is -0.105. The molecule has 0 saturated carbocycles. The summed E-state index contributed by atoms with van der Waals surface area (Å²) >= 11 is 0. The number of pyridine rings is 1. The molecule has 0 aliphatic heterocycles. The number of rotatable bonds is 3. The van der Waals surface area contributed by atoms with Gasteiger partial charge < -0.3 is 0 Å². The van der Waals surface area contributed by atoms with Crippen LogP contribution in [0.5, 0.6) is 0 Å². The third-order valence-corrected chi connectivity index (χ3v) is 3.77. The zero-order chi connectivity index (χ0) is 15.6. The molecule has 0 atom stereocenters. The van der Waals surface area contributed by atoms with Gasteiger partial charge in [-0.25, -0.2) is 9.66 Å². The molecule has 0 radical (unpaired) electrons. The van der Waals surface area contributed by atoms with Crippen LogP contribution in [0.1, 0.15) is 5.56 Å². The fourth-order valence-corrected chi connectivity index (χ4v) is 2.71. The lowest BCUT2D eigenvalue weighted by Crippen LogP contribution is -2.23. The first-order chi connectivity index (χ1) is 11.3. The summed E-state index contributed by atoms with van der Waals surface area (Å²) in [5.74, 6) is -0.105. The molecule has 0 bridgehead atoms. The van der Waals surface area contributed by atoms with E-state index >= 15 is 0 Å². The average Bonchev–Trinajstić information content (AvgIpc) is 2.98. The maximum atomic E-state index is 12.4. The van der Waals surface area contributed by atoms with E-state index in [1.54, 1.807) is 17.2 Å². The topological polar surface area (TPSA) is 59.8 Å². The number of imidazole rings is 1. The van der Waals surface area contributed by atoms with Gasteiger partial charge in [0.15, 0.2) is 0 Å². The Bertz CT molecular complexity index is 1000. The highest BCUT2D eigenvalue weighted by molar-refractivity contribution is 5.92. The maximum absolute atomic E-state index is 12.4. The molecule has 112 valence electrons. The summed E-state index contributed by atoms with van der Waals surface area (Å²) in [6.07, 6.45) is 3.62. The van der Waals surface area contributed by atoms with Crippen molar-refractivity contribution in [1.82, 2.24) is 14.6 Å². The van der Waals surface area contributed by atoms with Crippen LogP contribution in [0.3, 0.4) is 0 Å². The molecule has 0 unspecified atom stereocenters. The van der Waals surface area contributed by atoms with Crippen molar-refractivity contribution in [2.45, 2.75) is 6.42 Å². The Hall–Kier alpha value is -3.21. The first-order valence-corrected chi connectivity index (χ1v) is 7.36. The molecule has 2 heterocycles. The minimum Gasteiger partial charge on any atom is -0.273 e. The van der Waals surface area contributed by atoms with Crippen LogP contribution in [0, 0.1) is 0 Å². The molecule has 4 aromatic rings. The van der Waals surface area contributed by atoms with Crippen molar-refractivity contribution in [3.63, 3.8) is 0 Å². The Balaban J connectivity index is 1.60. The van der Waals surface area contributed by atoms with Gasteiger partial charge in [0.2, 0.25) is 5.91 Å². The summed E-state index contributed by atoms with van der Waals surface area (Å²) in [6.45, 7) is 0. The zero-order valence-corrected chi connectivity index (χ0v) is 12.3. The molecule has 5 nitrogen and oxygen atoms in total. The number of carbonyl (C=O) groups is 1. The lowest BCUT2D eigenvalue weighted by Gasteiger charge is -2.08. The van der Waals surface area contributed by atoms with E-state index in [4.69, 9.17) is 0 Å². The predicted molar refractivity (Wildman–Crippen MR) is 89.5 cm³/mol. The number of amides is 1. The molecule has 2 aromatic heterocycles. The number of carbonyl (C=O) groups excluding carboxylic acids is 1. The Labute approximate surface area is 132 Å². The number of nitrogens with one attached hydrogen (secondary N) is 1. The largest absolute Gasteiger partial charge is 0.273 e. The highest BCUT2D eigenvalue weighted by Crippen LogP contribution is 2.16. The molecule has 0 spiro atoms. The number of para-hydroxylation sites is 3. The molecule has 23 heavy (non-hydrogen) atoms. The summed E-state index contributed by atoms with van der Waals surface area (Å²) < 4.78 is 1.65. The summed E-state index contributed by atoms with van der Waals surface area (Å²) in [7, 11) is 0. The highest BCUT2D eigenvalue weighted by Gasteiger charge is 2.09. The number of hydrogen-bond donors (Lipinski definition) is 1. The predicted octanol–water partition coefficient (Wildman–Crippen LogP) is 2.90. The zero-order valence-electron chi connectivity index (χ0n) is 12.3. The van der Waals surface area contributed by atoms with Gasteiger partial charge in [0, 0.05) is 11.6 Å². The molecule has 0 aliphatic carbocycles. The summed E-state index contributed by atoms with van der Waals surface area (Å²) in [5, 5.41) is 1.03. The average molecular weight is 302 g/mol. The van der Waals surface area contributed by atoms with E-state index in [9.17, 15) is 4.79 Å². The third-order valence-electron chi connectivity index (χ3n) is 3.77. The van der Waals surface area contributed by atoms with E-state index in [1.807, 2.05) is 54.6 Å². The third kappa shape index (κ3) is 2.53. The number of nitrogens with zero attached hydrogens (tertiary/aromatic N) is 3. The lowest BCUT2D eigenvalue weighted by atomic mass is 10.1. The monoisotopic (exact) mass is 302 g/mol. The molecule has 2 aromatic carbocycles. The molecule has 0 aliphatic rings. The molecule has 0 saturated heterocycles. The minimum absolute atomic E-state index is 0.105. The van der Waals surface area contributed by atoms with E-state index in [1.165, 1.54) is 0 Å². The van der Waals surface area contributed by atoms with Crippen molar-refractivity contribution >= 4 is 27.8 Å². The summed E-state index contributed by atoms with van der Waals surface area (Å²) in [6, 6.07) is 17.4. The first-order valence-electron chi connectivity index (χ1n) is 7.36.